The number of fused-ring (bicyclic) bond motifs is 1. The molecule has 1 aliphatic heterocycles. The zero-order chi connectivity index (χ0) is 14.2. The Kier molecular flexibility index (Phi) is 2.91. The number of aromatic nitrogens is 1. The van der Waals surface area contributed by atoms with Crippen molar-refractivity contribution in [2.24, 2.45) is 0 Å². The summed E-state index contributed by atoms with van der Waals surface area (Å²) in [6.45, 7) is 0.471. The number of nitrogens with zero attached hydrogens (tertiary/aromatic N) is 1. The molecule has 1 atom stereocenters. The van der Waals surface area contributed by atoms with Gasteiger partial charge in [-0.15, -0.1) is 0 Å². The summed E-state index contributed by atoms with van der Waals surface area (Å²) in [6, 6.07) is 9.71. The van der Waals surface area contributed by atoms with Crippen molar-refractivity contribution < 1.29 is 14.1 Å². The van der Waals surface area contributed by atoms with Gasteiger partial charge in [-0.25, -0.2) is 0 Å². The van der Waals surface area contributed by atoms with Gasteiger partial charge in [0.1, 0.15) is 17.6 Å². The van der Waals surface area contributed by atoms with Crippen LogP contribution >= 0.6 is 0 Å². The fourth-order valence-electron chi connectivity index (χ4n) is 2.62. The molecule has 5 heteroatoms. The number of ether oxygens (including phenoxy) is 1. The third-order valence-corrected chi connectivity index (χ3v) is 3.94. The Morgan fingerprint density at radius 3 is 3.00 bits per heavy atom. The normalized spacial score (nSPS) is 19.9. The maximum atomic E-state index is 12.0. The van der Waals surface area contributed by atoms with Gasteiger partial charge < -0.3 is 14.6 Å². The highest BCUT2D eigenvalue weighted by atomic mass is 16.5. The van der Waals surface area contributed by atoms with Gasteiger partial charge in [-0.1, -0.05) is 23.4 Å². The molecule has 1 amide bonds. The highest BCUT2D eigenvalue weighted by Crippen LogP contribution is 2.40. The summed E-state index contributed by atoms with van der Waals surface area (Å²) in [5, 5.41) is 6.70. The molecule has 2 aliphatic rings. The number of carbonyl (C=O) groups excluding carboxylic acids is 1. The minimum Gasteiger partial charge on any atom is -0.488 e. The zero-order valence-electron chi connectivity index (χ0n) is 11.5. The van der Waals surface area contributed by atoms with E-state index in [1.807, 2.05) is 18.2 Å². The van der Waals surface area contributed by atoms with Crippen LogP contribution < -0.4 is 10.1 Å². The smallest absolute Gasteiger partial charge is 0.273 e. The molecule has 1 saturated carbocycles. The first-order chi connectivity index (χ1) is 10.3. The predicted octanol–water partition coefficient (Wildman–Crippen LogP) is 2.29. The molecule has 0 bridgehead atoms. The monoisotopic (exact) mass is 284 g/mol. The van der Waals surface area contributed by atoms with Crippen molar-refractivity contribution in [1.29, 1.82) is 0 Å². The Morgan fingerprint density at radius 2 is 2.19 bits per heavy atom. The van der Waals surface area contributed by atoms with E-state index in [2.05, 4.69) is 16.5 Å². The largest absolute Gasteiger partial charge is 0.488 e. The van der Waals surface area contributed by atoms with Crippen LogP contribution in [-0.2, 0) is 6.42 Å². The number of amides is 1. The third kappa shape index (κ3) is 2.51. The second-order valence-electron chi connectivity index (χ2n) is 5.65. The fourth-order valence-corrected chi connectivity index (χ4v) is 2.62. The van der Waals surface area contributed by atoms with Crippen molar-refractivity contribution in [2.75, 3.05) is 6.54 Å². The molecular weight excluding hydrogens is 268 g/mol. The zero-order valence-corrected chi connectivity index (χ0v) is 11.5. The molecule has 1 aromatic carbocycles. The molecule has 4 rings (SSSR count). The SMILES string of the molecule is O=C(NCC1Cc2ccccc2O1)c1cc(C2CC2)on1. The van der Waals surface area contributed by atoms with E-state index in [0.717, 1.165) is 30.8 Å². The van der Waals surface area contributed by atoms with Gasteiger partial charge in [0.05, 0.1) is 6.54 Å². The standard InChI is InChI=1S/C16H16N2O3/c19-16(13-8-15(21-18-13)10-5-6-10)17-9-12-7-11-3-1-2-4-14(11)20-12/h1-4,8,10,12H,5-7,9H2,(H,17,19). The van der Waals surface area contributed by atoms with Crippen LogP contribution in [0.4, 0.5) is 0 Å². The average molecular weight is 284 g/mol. The van der Waals surface area contributed by atoms with Crippen LogP contribution in [0.1, 0.15) is 40.6 Å². The Labute approximate surface area is 122 Å². The number of hydrogen-bond acceptors (Lipinski definition) is 4. The summed E-state index contributed by atoms with van der Waals surface area (Å²) in [6.07, 6.45) is 3.07. The lowest BCUT2D eigenvalue weighted by molar-refractivity contribution is 0.0924. The van der Waals surface area contributed by atoms with Gasteiger partial charge in [0.2, 0.25) is 0 Å². The third-order valence-electron chi connectivity index (χ3n) is 3.94. The first-order valence-electron chi connectivity index (χ1n) is 7.29. The van der Waals surface area contributed by atoms with Crippen molar-refractivity contribution >= 4 is 5.91 Å². The number of carbonyl (C=O) groups is 1. The first-order valence-corrected chi connectivity index (χ1v) is 7.29. The molecule has 1 unspecified atom stereocenters. The first kappa shape index (κ1) is 12.4. The number of hydrogen-bond donors (Lipinski definition) is 1. The van der Waals surface area contributed by atoms with E-state index in [1.165, 1.54) is 5.56 Å². The van der Waals surface area contributed by atoms with E-state index in [1.54, 1.807) is 6.07 Å². The highest BCUT2D eigenvalue weighted by molar-refractivity contribution is 5.92. The van der Waals surface area contributed by atoms with Crippen LogP contribution in [0.5, 0.6) is 5.75 Å². The van der Waals surface area contributed by atoms with Gasteiger partial charge in [0.15, 0.2) is 5.69 Å². The Hall–Kier alpha value is -2.30. The van der Waals surface area contributed by atoms with Crippen molar-refractivity contribution in [3.05, 3.63) is 47.3 Å². The summed E-state index contributed by atoms with van der Waals surface area (Å²) >= 11 is 0. The number of rotatable bonds is 4. The van der Waals surface area contributed by atoms with Crippen molar-refractivity contribution in [3.8, 4) is 5.75 Å². The van der Waals surface area contributed by atoms with Gasteiger partial charge in [-0.3, -0.25) is 4.79 Å². The maximum absolute atomic E-state index is 12.0. The minimum absolute atomic E-state index is 0.0128. The molecule has 1 fully saturated rings. The quantitative estimate of drug-likeness (QED) is 0.935. The van der Waals surface area contributed by atoms with Crippen LogP contribution in [0.3, 0.4) is 0 Å². The van der Waals surface area contributed by atoms with E-state index in [0.29, 0.717) is 18.2 Å². The van der Waals surface area contributed by atoms with Crippen LogP contribution in [0, 0.1) is 0 Å². The number of para-hydroxylation sites is 1. The van der Waals surface area contributed by atoms with Crippen molar-refractivity contribution in [1.82, 2.24) is 10.5 Å². The van der Waals surface area contributed by atoms with Gasteiger partial charge in [0.25, 0.3) is 5.91 Å². The Balaban J connectivity index is 1.33. The predicted molar refractivity (Wildman–Crippen MR) is 75.4 cm³/mol. The minimum atomic E-state index is -0.204. The highest BCUT2D eigenvalue weighted by Gasteiger charge is 2.29. The van der Waals surface area contributed by atoms with E-state index in [4.69, 9.17) is 9.26 Å². The van der Waals surface area contributed by atoms with Crippen molar-refractivity contribution in [2.45, 2.75) is 31.3 Å². The van der Waals surface area contributed by atoms with Crippen LogP contribution in [0.15, 0.2) is 34.9 Å². The molecule has 2 heterocycles. The average Bonchev–Trinajstić information content (AvgIpc) is 3.09. The van der Waals surface area contributed by atoms with Gasteiger partial charge in [0, 0.05) is 18.4 Å². The van der Waals surface area contributed by atoms with Gasteiger partial charge in [-0.05, 0) is 24.5 Å². The van der Waals surface area contributed by atoms with Crippen LogP contribution in [0.25, 0.3) is 0 Å². The molecule has 0 spiro atoms. The van der Waals surface area contributed by atoms with E-state index >= 15 is 0 Å². The molecule has 5 nitrogen and oxygen atoms in total. The summed E-state index contributed by atoms with van der Waals surface area (Å²) in [7, 11) is 0. The topological polar surface area (TPSA) is 64.4 Å². The molecule has 1 aromatic heterocycles. The summed E-state index contributed by atoms with van der Waals surface area (Å²) in [5.74, 6) is 2.00. The Bertz CT molecular complexity index is 651. The maximum Gasteiger partial charge on any atom is 0.273 e. The molecule has 1 N–H and O–H groups in total. The van der Waals surface area contributed by atoms with E-state index in [-0.39, 0.29) is 12.0 Å². The molecular formula is C16H16N2O3. The van der Waals surface area contributed by atoms with Crippen molar-refractivity contribution in [3.63, 3.8) is 0 Å². The Morgan fingerprint density at radius 1 is 1.33 bits per heavy atom. The summed E-state index contributed by atoms with van der Waals surface area (Å²) in [4.78, 5) is 12.0. The lowest BCUT2D eigenvalue weighted by Gasteiger charge is -2.10. The fraction of sp³-hybridized carbons (Fsp3) is 0.375. The van der Waals surface area contributed by atoms with E-state index in [9.17, 15) is 4.79 Å². The molecule has 2 aromatic rings. The van der Waals surface area contributed by atoms with Crippen LogP contribution in [-0.4, -0.2) is 23.7 Å². The molecule has 0 radical (unpaired) electrons. The van der Waals surface area contributed by atoms with Gasteiger partial charge in [-0.2, -0.15) is 0 Å². The second kappa shape index (κ2) is 4.91. The molecule has 21 heavy (non-hydrogen) atoms. The van der Waals surface area contributed by atoms with Crippen LogP contribution in [0.2, 0.25) is 0 Å². The molecule has 108 valence electrons. The summed E-state index contributed by atoms with van der Waals surface area (Å²) < 4.78 is 11.0. The summed E-state index contributed by atoms with van der Waals surface area (Å²) in [5.41, 5.74) is 1.54. The lowest BCUT2D eigenvalue weighted by atomic mass is 10.1. The van der Waals surface area contributed by atoms with E-state index < -0.39 is 0 Å². The molecule has 0 saturated heterocycles. The lowest BCUT2D eigenvalue weighted by Crippen LogP contribution is -2.34. The number of benzene rings is 1. The number of nitrogens with one attached hydrogen (secondary N) is 1. The van der Waals surface area contributed by atoms with Gasteiger partial charge >= 0.3 is 0 Å². The molecule has 1 aliphatic carbocycles. The second-order valence-corrected chi connectivity index (χ2v) is 5.65.